The third-order valence-electron chi connectivity index (χ3n) is 6.40. The molecular formula is C24H32N4O4S. The van der Waals surface area contributed by atoms with E-state index in [2.05, 4.69) is 34.4 Å². The summed E-state index contributed by atoms with van der Waals surface area (Å²) in [5.74, 6) is 0.849. The number of hydrogen-bond donors (Lipinski definition) is 2. The minimum Gasteiger partial charge on any atom is -0.392 e. The van der Waals surface area contributed by atoms with Crippen LogP contribution in [0, 0.1) is 12.8 Å². The fraction of sp³-hybridized carbons (Fsp3) is 0.500. The van der Waals surface area contributed by atoms with Crippen LogP contribution < -0.4 is 4.90 Å². The standard InChI is InChI=1S/C24H32N4O4S/c1-14(2)22-20-10-16-9-17(13-29)21(33(6,31)32)11-19(16)27(20)7-8-28(22)23-25-12-18(15(3)26-23)24(4,5)30/h9-12,14,22,29-30H,7-8,13H2,1-6H3. The number of aromatic nitrogens is 3. The van der Waals surface area contributed by atoms with Gasteiger partial charge in [-0.1, -0.05) is 13.8 Å². The molecule has 0 amide bonds. The summed E-state index contributed by atoms with van der Waals surface area (Å²) < 4.78 is 26.8. The molecule has 0 saturated carbocycles. The topological polar surface area (TPSA) is 109 Å². The van der Waals surface area contributed by atoms with E-state index < -0.39 is 15.4 Å². The molecule has 33 heavy (non-hydrogen) atoms. The van der Waals surface area contributed by atoms with E-state index in [9.17, 15) is 18.6 Å². The van der Waals surface area contributed by atoms with Crippen LogP contribution in [0.4, 0.5) is 5.95 Å². The first-order valence-electron chi connectivity index (χ1n) is 11.1. The normalized spacial score (nSPS) is 17.1. The number of fused-ring (bicyclic) bond motifs is 3. The number of sulfone groups is 1. The summed E-state index contributed by atoms with van der Waals surface area (Å²) >= 11 is 0. The number of benzene rings is 1. The molecular weight excluding hydrogens is 440 g/mol. The van der Waals surface area contributed by atoms with Crippen molar-refractivity contribution in [1.82, 2.24) is 14.5 Å². The maximum Gasteiger partial charge on any atom is 0.226 e. The lowest BCUT2D eigenvalue weighted by Crippen LogP contribution is -2.41. The summed E-state index contributed by atoms with van der Waals surface area (Å²) in [7, 11) is -3.47. The zero-order valence-electron chi connectivity index (χ0n) is 20.0. The highest BCUT2D eigenvalue weighted by Gasteiger charge is 2.34. The second-order valence-corrected chi connectivity index (χ2v) is 11.8. The van der Waals surface area contributed by atoms with Gasteiger partial charge in [0.15, 0.2) is 9.84 Å². The minimum absolute atomic E-state index is 0.0159. The lowest BCUT2D eigenvalue weighted by molar-refractivity contribution is 0.0770. The van der Waals surface area contributed by atoms with Gasteiger partial charge < -0.3 is 19.7 Å². The fourth-order valence-electron chi connectivity index (χ4n) is 4.95. The van der Waals surface area contributed by atoms with Crippen molar-refractivity contribution in [3.05, 3.63) is 46.9 Å². The summed E-state index contributed by atoms with van der Waals surface area (Å²) in [6.07, 6.45) is 2.87. The molecule has 3 aromatic rings. The van der Waals surface area contributed by atoms with Crippen LogP contribution in [0.5, 0.6) is 0 Å². The van der Waals surface area contributed by atoms with E-state index in [1.807, 2.05) is 6.92 Å². The van der Waals surface area contributed by atoms with E-state index in [4.69, 9.17) is 4.98 Å². The predicted octanol–water partition coefficient (Wildman–Crippen LogP) is 3.08. The Morgan fingerprint density at radius 2 is 1.91 bits per heavy atom. The molecule has 0 radical (unpaired) electrons. The second kappa shape index (κ2) is 8.07. The van der Waals surface area contributed by atoms with Crippen LogP contribution in [0.1, 0.15) is 56.3 Å². The Balaban J connectivity index is 1.85. The molecule has 0 saturated heterocycles. The Labute approximate surface area is 194 Å². The molecule has 0 aliphatic carbocycles. The molecule has 4 rings (SSSR count). The highest BCUT2D eigenvalue weighted by atomic mass is 32.2. The smallest absolute Gasteiger partial charge is 0.226 e. The van der Waals surface area contributed by atoms with Crippen LogP contribution in [0.25, 0.3) is 10.9 Å². The Hall–Kier alpha value is -2.49. The molecule has 0 spiro atoms. The van der Waals surface area contributed by atoms with E-state index in [0.717, 1.165) is 22.3 Å². The van der Waals surface area contributed by atoms with Crippen LogP contribution >= 0.6 is 0 Å². The molecule has 8 nitrogen and oxygen atoms in total. The first kappa shape index (κ1) is 23.7. The number of aryl methyl sites for hydroxylation is 1. The molecule has 1 unspecified atom stereocenters. The highest BCUT2D eigenvalue weighted by molar-refractivity contribution is 7.90. The number of nitrogens with zero attached hydrogens (tertiary/aromatic N) is 4. The summed E-state index contributed by atoms with van der Waals surface area (Å²) in [5, 5.41) is 21.1. The lowest BCUT2D eigenvalue weighted by atomic mass is 9.97. The zero-order chi connectivity index (χ0) is 24.3. The summed E-state index contributed by atoms with van der Waals surface area (Å²) in [6.45, 7) is 10.6. The minimum atomic E-state index is -3.47. The fourth-order valence-corrected chi connectivity index (χ4v) is 5.87. The van der Waals surface area contributed by atoms with Gasteiger partial charge in [-0.3, -0.25) is 0 Å². The number of anilines is 1. The van der Waals surface area contributed by atoms with Crippen molar-refractivity contribution in [2.45, 2.75) is 64.3 Å². The molecule has 3 heterocycles. The van der Waals surface area contributed by atoms with Gasteiger partial charge in [0, 0.05) is 53.4 Å². The van der Waals surface area contributed by atoms with E-state index in [1.54, 1.807) is 32.2 Å². The molecule has 178 valence electrons. The molecule has 9 heteroatoms. The van der Waals surface area contributed by atoms with Gasteiger partial charge in [0.25, 0.3) is 0 Å². The maximum absolute atomic E-state index is 12.3. The van der Waals surface area contributed by atoms with Crippen LogP contribution in [0.3, 0.4) is 0 Å². The van der Waals surface area contributed by atoms with Crippen molar-refractivity contribution in [2.75, 3.05) is 17.7 Å². The zero-order valence-corrected chi connectivity index (χ0v) is 20.8. The lowest BCUT2D eigenvalue weighted by Gasteiger charge is -2.39. The average Bonchev–Trinajstić information content (AvgIpc) is 3.07. The van der Waals surface area contributed by atoms with E-state index >= 15 is 0 Å². The van der Waals surface area contributed by atoms with Gasteiger partial charge in [-0.15, -0.1) is 0 Å². The molecule has 1 atom stereocenters. The third kappa shape index (κ3) is 4.13. The van der Waals surface area contributed by atoms with Crippen molar-refractivity contribution in [2.24, 2.45) is 5.92 Å². The highest BCUT2D eigenvalue weighted by Crippen LogP contribution is 2.39. The Bertz CT molecular complexity index is 1320. The van der Waals surface area contributed by atoms with Crippen molar-refractivity contribution >= 4 is 26.7 Å². The van der Waals surface area contributed by atoms with E-state index in [0.29, 0.717) is 30.2 Å². The van der Waals surface area contributed by atoms with E-state index in [1.165, 1.54) is 6.26 Å². The van der Waals surface area contributed by atoms with Gasteiger partial charge >= 0.3 is 0 Å². The SMILES string of the molecule is Cc1nc(N2CCn3c(cc4cc(CO)c(S(C)(=O)=O)cc43)C2C(C)C)ncc1C(C)(C)O. The quantitative estimate of drug-likeness (QED) is 0.587. The van der Waals surface area contributed by atoms with E-state index in [-0.39, 0.29) is 23.5 Å². The molecule has 0 bridgehead atoms. The summed E-state index contributed by atoms with van der Waals surface area (Å²) in [5.41, 5.74) is 2.74. The number of aliphatic hydroxyl groups excluding tert-OH is 1. The number of hydrogen-bond acceptors (Lipinski definition) is 7. The van der Waals surface area contributed by atoms with Gasteiger partial charge in [0.05, 0.1) is 23.1 Å². The largest absolute Gasteiger partial charge is 0.392 e. The summed E-state index contributed by atoms with van der Waals surface area (Å²) in [6, 6.07) is 5.52. The predicted molar refractivity (Wildman–Crippen MR) is 128 cm³/mol. The van der Waals surface area contributed by atoms with Gasteiger partial charge in [-0.2, -0.15) is 0 Å². The van der Waals surface area contributed by atoms with Crippen LogP contribution in [0.2, 0.25) is 0 Å². The van der Waals surface area contributed by atoms with Crippen LogP contribution in [-0.2, 0) is 28.6 Å². The number of aliphatic hydroxyl groups is 2. The van der Waals surface area contributed by atoms with Gasteiger partial charge in [0.2, 0.25) is 5.95 Å². The number of rotatable bonds is 5. The van der Waals surface area contributed by atoms with Crippen molar-refractivity contribution in [3.8, 4) is 0 Å². The third-order valence-corrected chi connectivity index (χ3v) is 7.58. The molecule has 0 fully saturated rings. The molecule has 1 aromatic carbocycles. The van der Waals surface area contributed by atoms with Gasteiger partial charge in [-0.05, 0) is 50.5 Å². The Morgan fingerprint density at radius 1 is 1.21 bits per heavy atom. The average molecular weight is 473 g/mol. The first-order chi connectivity index (χ1) is 15.3. The first-order valence-corrected chi connectivity index (χ1v) is 13.0. The van der Waals surface area contributed by atoms with Gasteiger partial charge in [0.1, 0.15) is 0 Å². The maximum atomic E-state index is 12.3. The molecule has 1 aliphatic heterocycles. The molecule has 2 N–H and O–H groups in total. The monoisotopic (exact) mass is 472 g/mol. The summed E-state index contributed by atoms with van der Waals surface area (Å²) in [4.78, 5) is 11.7. The van der Waals surface area contributed by atoms with Crippen molar-refractivity contribution < 1.29 is 18.6 Å². The van der Waals surface area contributed by atoms with Crippen LogP contribution in [-0.4, -0.2) is 46.0 Å². The molecule has 1 aliphatic rings. The Morgan fingerprint density at radius 3 is 2.45 bits per heavy atom. The van der Waals surface area contributed by atoms with Gasteiger partial charge in [-0.25, -0.2) is 18.4 Å². The Kier molecular flexibility index (Phi) is 5.79. The van der Waals surface area contributed by atoms with Crippen molar-refractivity contribution in [3.63, 3.8) is 0 Å². The van der Waals surface area contributed by atoms with Crippen LogP contribution in [0.15, 0.2) is 29.3 Å². The van der Waals surface area contributed by atoms with Crippen molar-refractivity contribution in [1.29, 1.82) is 0 Å². The second-order valence-electron chi connectivity index (χ2n) is 9.78. The molecule has 2 aromatic heterocycles.